The standard InChI is InChI=1S/C21H21ClFN3/c22-18-6-2-4-16(12-18)20-13-24-21(25-20)17-5-1-3-15(11-17)14-26-9-7-19(23)8-10-26/h1-6,11-13,19H,7-10,14H2,(H,24,25). The second-order valence-electron chi connectivity index (χ2n) is 6.81. The van der Waals surface area contributed by atoms with Crippen LogP contribution >= 0.6 is 11.6 Å². The van der Waals surface area contributed by atoms with Crippen molar-refractivity contribution in [1.82, 2.24) is 14.9 Å². The summed E-state index contributed by atoms with van der Waals surface area (Å²) in [6, 6.07) is 16.1. The van der Waals surface area contributed by atoms with Gasteiger partial charge in [0.1, 0.15) is 12.0 Å². The predicted octanol–water partition coefficient (Wildman–Crippen LogP) is 5.33. The first-order chi connectivity index (χ1) is 12.7. The first-order valence-corrected chi connectivity index (χ1v) is 9.32. The Bertz CT molecular complexity index is 884. The maximum atomic E-state index is 13.3. The lowest BCUT2D eigenvalue weighted by atomic mass is 10.1. The van der Waals surface area contributed by atoms with Crippen molar-refractivity contribution in [2.24, 2.45) is 0 Å². The van der Waals surface area contributed by atoms with Crippen LogP contribution in [0, 0.1) is 0 Å². The summed E-state index contributed by atoms with van der Waals surface area (Å²) in [5.74, 6) is 0.837. The molecule has 0 spiro atoms. The molecule has 1 aliphatic heterocycles. The zero-order valence-electron chi connectivity index (χ0n) is 14.5. The Morgan fingerprint density at radius 1 is 1.08 bits per heavy atom. The molecule has 3 nitrogen and oxygen atoms in total. The molecule has 4 rings (SSSR count). The Morgan fingerprint density at radius 2 is 1.85 bits per heavy atom. The van der Waals surface area contributed by atoms with Gasteiger partial charge >= 0.3 is 0 Å². The fraction of sp³-hybridized carbons (Fsp3) is 0.286. The van der Waals surface area contributed by atoms with Crippen molar-refractivity contribution >= 4 is 11.6 Å². The van der Waals surface area contributed by atoms with Gasteiger partial charge in [-0.3, -0.25) is 4.90 Å². The van der Waals surface area contributed by atoms with E-state index in [9.17, 15) is 4.39 Å². The third kappa shape index (κ3) is 3.97. The van der Waals surface area contributed by atoms with Crippen LogP contribution in [0.25, 0.3) is 22.6 Å². The van der Waals surface area contributed by atoms with Gasteiger partial charge in [-0.15, -0.1) is 0 Å². The van der Waals surface area contributed by atoms with Crippen LogP contribution in [-0.4, -0.2) is 34.1 Å². The molecule has 0 atom stereocenters. The molecule has 0 unspecified atom stereocenters. The third-order valence-electron chi connectivity index (χ3n) is 4.84. The summed E-state index contributed by atoms with van der Waals surface area (Å²) in [4.78, 5) is 10.2. The number of likely N-dealkylation sites (tertiary alicyclic amines) is 1. The number of aromatic nitrogens is 2. The Hall–Kier alpha value is -2.17. The zero-order chi connectivity index (χ0) is 17.9. The third-order valence-corrected chi connectivity index (χ3v) is 5.07. The summed E-state index contributed by atoms with van der Waals surface area (Å²) in [6.07, 6.45) is 2.48. The molecular weight excluding hydrogens is 349 g/mol. The summed E-state index contributed by atoms with van der Waals surface area (Å²) in [6.45, 7) is 2.50. The fourth-order valence-electron chi connectivity index (χ4n) is 3.41. The molecule has 134 valence electrons. The van der Waals surface area contributed by atoms with Gasteiger partial charge in [-0.05, 0) is 36.6 Å². The second-order valence-corrected chi connectivity index (χ2v) is 7.24. The van der Waals surface area contributed by atoms with E-state index in [1.807, 2.05) is 36.5 Å². The summed E-state index contributed by atoms with van der Waals surface area (Å²) in [5, 5.41) is 0.706. The lowest BCUT2D eigenvalue weighted by Gasteiger charge is -2.28. The van der Waals surface area contributed by atoms with Gasteiger partial charge < -0.3 is 4.98 Å². The van der Waals surface area contributed by atoms with Crippen molar-refractivity contribution in [3.05, 3.63) is 65.3 Å². The molecule has 1 N–H and O–H groups in total. The minimum absolute atomic E-state index is 0.634. The van der Waals surface area contributed by atoms with E-state index in [2.05, 4.69) is 33.1 Å². The van der Waals surface area contributed by atoms with Crippen LogP contribution < -0.4 is 0 Å². The molecule has 5 heteroatoms. The highest BCUT2D eigenvalue weighted by Crippen LogP contribution is 2.25. The van der Waals surface area contributed by atoms with Crippen LogP contribution in [0.5, 0.6) is 0 Å². The Kier molecular flexibility index (Phi) is 5.05. The average molecular weight is 370 g/mol. The van der Waals surface area contributed by atoms with Gasteiger partial charge in [-0.1, -0.05) is 41.9 Å². The smallest absolute Gasteiger partial charge is 0.137 e. The molecule has 2 aromatic carbocycles. The maximum Gasteiger partial charge on any atom is 0.137 e. The number of hydrogen-bond acceptors (Lipinski definition) is 2. The van der Waals surface area contributed by atoms with Crippen LogP contribution in [0.4, 0.5) is 4.39 Å². The van der Waals surface area contributed by atoms with E-state index in [1.165, 1.54) is 5.56 Å². The number of H-pyrrole nitrogens is 1. The molecule has 26 heavy (non-hydrogen) atoms. The molecule has 1 fully saturated rings. The Labute approximate surface area is 157 Å². The molecule has 1 aromatic heterocycles. The number of nitrogens with one attached hydrogen (secondary N) is 1. The zero-order valence-corrected chi connectivity index (χ0v) is 15.2. The Morgan fingerprint density at radius 3 is 2.65 bits per heavy atom. The lowest BCUT2D eigenvalue weighted by molar-refractivity contribution is 0.145. The first-order valence-electron chi connectivity index (χ1n) is 8.94. The van der Waals surface area contributed by atoms with E-state index in [0.29, 0.717) is 17.9 Å². The van der Waals surface area contributed by atoms with Crippen molar-refractivity contribution in [3.63, 3.8) is 0 Å². The first kappa shape index (κ1) is 17.3. The molecule has 0 radical (unpaired) electrons. The molecule has 3 aromatic rings. The normalized spacial score (nSPS) is 16.1. The van der Waals surface area contributed by atoms with Gasteiger partial charge in [0.25, 0.3) is 0 Å². The molecule has 0 amide bonds. The lowest BCUT2D eigenvalue weighted by Crippen LogP contribution is -2.33. The van der Waals surface area contributed by atoms with Crippen molar-refractivity contribution in [3.8, 4) is 22.6 Å². The number of halogens is 2. The summed E-state index contributed by atoms with van der Waals surface area (Å²) >= 11 is 6.08. The van der Waals surface area contributed by atoms with Crippen molar-refractivity contribution in [2.75, 3.05) is 13.1 Å². The van der Waals surface area contributed by atoms with Gasteiger partial charge in [0, 0.05) is 35.8 Å². The molecule has 0 bridgehead atoms. The average Bonchev–Trinajstić information content (AvgIpc) is 3.14. The highest BCUT2D eigenvalue weighted by atomic mass is 35.5. The summed E-state index contributed by atoms with van der Waals surface area (Å²) in [5.41, 5.74) is 4.23. The number of benzene rings is 2. The van der Waals surface area contributed by atoms with Crippen LogP contribution in [0.1, 0.15) is 18.4 Å². The highest BCUT2D eigenvalue weighted by molar-refractivity contribution is 6.30. The predicted molar refractivity (Wildman–Crippen MR) is 104 cm³/mol. The van der Waals surface area contributed by atoms with Gasteiger partial charge in [-0.2, -0.15) is 0 Å². The quantitative estimate of drug-likeness (QED) is 0.674. The topological polar surface area (TPSA) is 31.9 Å². The second kappa shape index (κ2) is 7.60. The van der Waals surface area contributed by atoms with E-state index in [4.69, 9.17) is 11.6 Å². The summed E-state index contributed by atoms with van der Waals surface area (Å²) < 4.78 is 13.3. The van der Waals surface area contributed by atoms with Crippen LogP contribution in [0.3, 0.4) is 0 Å². The number of imidazole rings is 1. The monoisotopic (exact) mass is 369 g/mol. The fourth-order valence-corrected chi connectivity index (χ4v) is 3.60. The van der Waals surface area contributed by atoms with E-state index in [-0.39, 0.29) is 0 Å². The highest BCUT2D eigenvalue weighted by Gasteiger charge is 2.18. The Balaban J connectivity index is 1.52. The minimum Gasteiger partial charge on any atom is -0.338 e. The van der Waals surface area contributed by atoms with E-state index >= 15 is 0 Å². The number of nitrogens with zero attached hydrogens (tertiary/aromatic N) is 2. The van der Waals surface area contributed by atoms with Gasteiger partial charge in [0.05, 0.1) is 11.9 Å². The molecule has 2 heterocycles. The SMILES string of the molecule is FC1CCN(Cc2cccc(-c3ncc(-c4cccc(Cl)c4)[nH]3)c2)CC1. The van der Waals surface area contributed by atoms with Crippen molar-refractivity contribution in [2.45, 2.75) is 25.6 Å². The van der Waals surface area contributed by atoms with Crippen molar-refractivity contribution in [1.29, 1.82) is 0 Å². The summed E-state index contributed by atoms with van der Waals surface area (Å²) in [7, 11) is 0. The van der Waals surface area contributed by atoms with E-state index in [1.54, 1.807) is 0 Å². The van der Waals surface area contributed by atoms with E-state index in [0.717, 1.165) is 42.3 Å². The number of aromatic amines is 1. The molecule has 1 saturated heterocycles. The number of hydrogen-bond donors (Lipinski definition) is 1. The number of rotatable bonds is 4. The van der Waals surface area contributed by atoms with Crippen LogP contribution in [0.15, 0.2) is 54.7 Å². The molecule has 0 saturated carbocycles. The molecule has 0 aliphatic carbocycles. The number of piperidine rings is 1. The van der Waals surface area contributed by atoms with Crippen LogP contribution in [0.2, 0.25) is 5.02 Å². The van der Waals surface area contributed by atoms with Crippen molar-refractivity contribution < 1.29 is 4.39 Å². The minimum atomic E-state index is -0.634. The molecular formula is C21H21ClFN3. The van der Waals surface area contributed by atoms with Crippen LogP contribution in [-0.2, 0) is 6.54 Å². The van der Waals surface area contributed by atoms with E-state index < -0.39 is 6.17 Å². The molecule has 1 aliphatic rings. The van der Waals surface area contributed by atoms with Gasteiger partial charge in [0.2, 0.25) is 0 Å². The van der Waals surface area contributed by atoms with Gasteiger partial charge in [0.15, 0.2) is 0 Å². The maximum absolute atomic E-state index is 13.3. The number of alkyl halides is 1. The largest absolute Gasteiger partial charge is 0.338 e. The van der Waals surface area contributed by atoms with Gasteiger partial charge in [-0.25, -0.2) is 9.37 Å².